The molecule has 0 saturated heterocycles. The first kappa shape index (κ1) is 15.2. The van der Waals surface area contributed by atoms with Crippen LogP contribution in [-0.2, 0) is 11.3 Å². The van der Waals surface area contributed by atoms with Crippen LogP contribution in [0, 0.1) is 6.92 Å². The summed E-state index contributed by atoms with van der Waals surface area (Å²) in [4.78, 5) is 16.9. The third-order valence-electron chi connectivity index (χ3n) is 3.22. The molecule has 0 saturated carbocycles. The van der Waals surface area contributed by atoms with Crippen molar-refractivity contribution in [1.82, 2.24) is 15.0 Å². The Kier molecular flexibility index (Phi) is 5.05. The number of aryl methyl sites for hydroxylation is 1. The lowest BCUT2D eigenvalue weighted by Gasteiger charge is -2.16. The van der Waals surface area contributed by atoms with Crippen LogP contribution >= 0.6 is 0 Å². The molecule has 0 amide bonds. The highest BCUT2D eigenvalue weighted by molar-refractivity contribution is 5.66. The molecule has 0 radical (unpaired) electrons. The predicted octanol–water partition coefficient (Wildman–Crippen LogP) is 2.34. The van der Waals surface area contributed by atoms with Gasteiger partial charge in [0.2, 0.25) is 0 Å². The minimum atomic E-state index is -0.804. The molecule has 1 N–H and O–H groups in total. The Morgan fingerprint density at radius 3 is 2.67 bits per heavy atom. The fourth-order valence-electron chi connectivity index (χ4n) is 1.93. The van der Waals surface area contributed by atoms with Gasteiger partial charge in [-0.25, -0.2) is 0 Å². The second kappa shape index (κ2) is 6.99. The van der Waals surface area contributed by atoms with Crippen molar-refractivity contribution in [3.63, 3.8) is 0 Å². The Balaban J connectivity index is 2.01. The van der Waals surface area contributed by atoms with E-state index < -0.39 is 5.97 Å². The Morgan fingerprint density at radius 1 is 1.33 bits per heavy atom. The van der Waals surface area contributed by atoms with E-state index in [2.05, 4.69) is 10.1 Å². The molecule has 0 aliphatic rings. The van der Waals surface area contributed by atoms with E-state index in [0.717, 1.165) is 12.1 Å². The van der Waals surface area contributed by atoms with E-state index in [-0.39, 0.29) is 6.42 Å². The SMILES string of the molecule is CCN(CCC(=O)O)Cc1noc(-c2ccc(C)cc2)n1. The second-order valence-corrected chi connectivity index (χ2v) is 4.89. The average molecular weight is 289 g/mol. The summed E-state index contributed by atoms with van der Waals surface area (Å²) in [7, 11) is 0. The molecule has 2 rings (SSSR count). The zero-order valence-electron chi connectivity index (χ0n) is 12.2. The molecule has 0 atom stereocenters. The third kappa shape index (κ3) is 4.39. The van der Waals surface area contributed by atoms with Gasteiger partial charge >= 0.3 is 5.97 Å². The zero-order valence-corrected chi connectivity index (χ0v) is 12.2. The van der Waals surface area contributed by atoms with Gasteiger partial charge in [0.15, 0.2) is 5.82 Å². The molecule has 1 aromatic carbocycles. The number of aliphatic carboxylic acids is 1. The number of rotatable bonds is 7. The fourth-order valence-corrected chi connectivity index (χ4v) is 1.93. The molecule has 2 aromatic rings. The third-order valence-corrected chi connectivity index (χ3v) is 3.22. The van der Waals surface area contributed by atoms with Gasteiger partial charge in [-0.15, -0.1) is 0 Å². The number of benzene rings is 1. The van der Waals surface area contributed by atoms with Crippen LogP contribution in [0.25, 0.3) is 11.5 Å². The lowest BCUT2D eigenvalue weighted by atomic mass is 10.1. The lowest BCUT2D eigenvalue weighted by Crippen LogP contribution is -2.26. The van der Waals surface area contributed by atoms with E-state index in [1.54, 1.807) is 0 Å². The van der Waals surface area contributed by atoms with E-state index in [0.29, 0.717) is 24.8 Å². The molecule has 21 heavy (non-hydrogen) atoms. The highest BCUT2D eigenvalue weighted by atomic mass is 16.5. The summed E-state index contributed by atoms with van der Waals surface area (Å²) in [6, 6.07) is 7.86. The fraction of sp³-hybridized carbons (Fsp3) is 0.400. The molecule has 1 heterocycles. The van der Waals surface area contributed by atoms with Crippen LogP contribution in [0.1, 0.15) is 24.7 Å². The molecular formula is C15H19N3O3. The van der Waals surface area contributed by atoms with Crippen LogP contribution in [0.3, 0.4) is 0 Å². The Bertz CT molecular complexity index is 592. The van der Waals surface area contributed by atoms with E-state index in [1.807, 2.05) is 43.0 Å². The van der Waals surface area contributed by atoms with Gasteiger partial charge in [-0.1, -0.05) is 29.8 Å². The largest absolute Gasteiger partial charge is 0.481 e. The van der Waals surface area contributed by atoms with E-state index >= 15 is 0 Å². The molecule has 0 aliphatic carbocycles. The Labute approximate surface area is 123 Å². The number of hydrogen-bond donors (Lipinski definition) is 1. The summed E-state index contributed by atoms with van der Waals surface area (Å²) >= 11 is 0. The van der Waals surface area contributed by atoms with Crippen molar-refractivity contribution in [1.29, 1.82) is 0 Å². The molecule has 6 heteroatoms. The molecule has 6 nitrogen and oxygen atoms in total. The molecule has 0 spiro atoms. The molecular weight excluding hydrogens is 270 g/mol. The van der Waals surface area contributed by atoms with Gasteiger partial charge in [0, 0.05) is 12.1 Å². The standard InChI is InChI=1S/C15H19N3O3/c1-3-18(9-8-14(19)20)10-13-16-15(21-17-13)12-6-4-11(2)5-7-12/h4-7H,3,8-10H2,1-2H3,(H,19,20). The normalized spacial score (nSPS) is 11.0. The number of hydrogen-bond acceptors (Lipinski definition) is 5. The first-order chi connectivity index (χ1) is 10.1. The Hall–Kier alpha value is -2.21. The van der Waals surface area contributed by atoms with Crippen molar-refractivity contribution in [2.75, 3.05) is 13.1 Å². The summed E-state index contributed by atoms with van der Waals surface area (Å²) in [6.45, 7) is 5.69. The highest BCUT2D eigenvalue weighted by Gasteiger charge is 2.12. The minimum absolute atomic E-state index is 0.108. The summed E-state index contributed by atoms with van der Waals surface area (Å²) in [6.07, 6.45) is 0.108. The number of aromatic nitrogens is 2. The summed E-state index contributed by atoms with van der Waals surface area (Å²) < 4.78 is 5.26. The van der Waals surface area contributed by atoms with Crippen LogP contribution in [0.4, 0.5) is 0 Å². The molecule has 1 aromatic heterocycles. The molecule has 0 bridgehead atoms. The van der Waals surface area contributed by atoms with Gasteiger partial charge < -0.3 is 9.63 Å². The predicted molar refractivity (Wildman–Crippen MR) is 77.7 cm³/mol. The van der Waals surface area contributed by atoms with E-state index in [4.69, 9.17) is 9.63 Å². The topological polar surface area (TPSA) is 79.5 Å². The van der Waals surface area contributed by atoms with Crippen molar-refractivity contribution in [2.24, 2.45) is 0 Å². The second-order valence-electron chi connectivity index (χ2n) is 4.89. The molecule has 0 fully saturated rings. The van der Waals surface area contributed by atoms with E-state index in [1.165, 1.54) is 5.56 Å². The maximum atomic E-state index is 10.6. The number of carboxylic acids is 1. The van der Waals surface area contributed by atoms with Crippen molar-refractivity contribution in [3.05, 3.63) is 35.7 Å². The molecule has 0 aliphatic heterocycles. The highest BCUT2D eigenvalue weighted by Crippen LogP contribution is 2.18. The van der Waals surface area contributed by atoms with Crippen molar-refractivity contribution >= 4 is 5.97 Å². The van der Waals surface area contributed by atoms with E-state index in [9.17, 15) is 4.79 Å². The van der Waals surface area contributed by atoms with Gasteiger partial charge in [0.25, 0.3) is 5.89 Å². The summed E-state index contributed by atoms with van der Waals surface area (Å²) in [5.74, 6) is 0.249. The van der Waals surface area contributed by atoms with Crippen LogP contribution in [0.2, 0.25) is 0 Å². The number of carboxylic acid groups (broad SMARTS) is 1. The quantitative estimate of drug-likeness (QED) is 0.842. The number of carbonyl (C=O) groups is 1. The van der Waals surface area contributed by atoms with Gasteiger partial charge in [0.05, 0.1) is 13.0 Å². The minimum Gasteiger partial charge on any atom is -0.481 e. The van der Waals surface area contributed by atoms with Crippen LogP contribution < -0.4 is 0 Å². The van der Waals surface area contributed by atoms with Gasteiger partial charge in [-0.2, -0.15) is 4.98 Å². The van der Waals surface area contributed by atoms with Gasteiger partial charge in [0.1, 0.15) is 0 Å². The average Bonchev–Trinajstić information content (AvgIpc) is 2.92. The Morgan fingerprint density at radius 2 is 2.05 bits per heavy atom. The van der Waals surface area contributed by atoms with Crippen molar-refractivity contribution < 1.29 is 14.4 Å². The first-order valence-corrected chi connectivity index (χ1v) is 6.92. The van der Waals surface area contributed by atoms with Crippen LogP contribution in [-0.4, -0.2) is 39.2 Å². The summed E-state index contributed by atoms with van der Waals surface area (Å²) in [5, 5.41) is 12.7. The zero-order chi connectivity index (χ0) is 15.2. The first-order valence-electron chi connectivity index (χ1n) is 6.92. The van der Waals surface area contributed by atoms with Crippen LogP contribution in [0.15, 0.2) is 28.8 Å². The summed E-state index contributed by atoms with van der Waals surface area (Å²) in [5.41, 5.74) is 2.05. The maximum absolute atomic E-state index is 10.6. The number of nitrogens with zero attached hydrogens (tertiary/aromatic N) is 3. The van der Waals surface area contributed by atoms with Gasteiger partial charge in [-0.3, -0.25) is 9.69 Å². The van der Waals surface area contributed by atoms with Crippen LogP contribution in [0.5, 0.6) is 0 Å². The monoisotopic (exact) mass is 289 g/mol. The molecule has 0 unspecified atom stereocenters. The lowest BCUT2D eigenvalue weighted by molar-refractivity contribution is -0.137. The van der Waals surface area contributed by atoms with Crippen molar-refractivity contribution in [2.45, 2.75) is 26.8 Å². The maximum Gasteiger partial charge on any atom is 0.304 e. The van der Waals surface area contributed by atoms with Gasteiger partial charge in [-0.05, 0) is 25.6 Å². The van der Waals surface area contributed by atoms with Crippen molar-refractivity contribution in [3.8, 4) is 11.5 Å². The smallest absolute Gasteiger partial charge is 0.304 e. The molecule has 112 valence electrons.